The van der Waals surface area contributed by atoms with Gasteiger partial charge in [-0.05, 0) is 32.1 Å². The minimum absolute atomic E-state index is 0.178. The molecule has 0 fully saturated rings. The average Bonchev–Trinajstić information content (AvgIpc) is 2.04. The molecule has 0 aromatic heterocycles. The van der Waals surface area contributed by atoms with Gasteiger partial charge in [0.25, 0.3) is 0 Å². The van der Waals surface area contributed by atoms with Crippen molar-refractivity contribution < 1.29 is 9.05 Å². The van der Waals surface area contributed by atoms with Gasteiger partial charge in [0.2, 0.25) is 0 Å². The van der Waals surface area contributed by atoms with Crippen molar-refractivity contribution in [3.63, 3.8) is 0 Å². The monoisotopic (exact) mass is 222 g/mol. The quantitative estimate of drug-likeness (QED) is 0.486. The summed E-state index contributed by atoms with van der Waals surface area (Å²) in [6.45, 7) is 8.22. The molecule has 0 saturated heterocycles. The van der Waals surface area contributed by atoms with Gasteiger partial charge in [0, 0.05) is 6.16 Å². The number of hydrogen-bond acceptors (Lipinski definition) is 3. The lowest BCUT2D eigenvalue weighted by Gasteiger charge is -2.23. The Labute approximate surface area is 86.5 Å². The van der Waals surface area contributed by atoms with Gasteiger partial charge in [0.1, 0.15) is 0 Å². The van der Waals surface area contributed by atoms with E-state index >= 15 is 0 Å². The van der Waals surface area contributed by atoms with Crippen LogP contribution in [0.25, 0.3) is 0 Å². The predicted octanol–water partition coefficient (Wildman–Crippen LogP) is 3.33. The van der Waals surface area contributed by atoms with Crippen molar-refractivity contribution in [3.05, 3.63) is 12.7 Å². The summed E-state index contributed by atoms with van der Waals surface area (Å²) in [5.74, 6) is 0. The van der Waals surface area contributed by atoms with Gasteiger partial charge >= 0.3 is 0 Å². The van der Waals surface area contributed by atoms with Gasteiger partial charge in [-0.1, -0.05) is 13.0 Å². The molecule has 0 aliphatic heterocycles. The Kier molecular flexibility index (Phi) is 6.88. The molecule has 0 aliphatic carbocycles. The standard InChI is InChI=1S/C9H19O2PS/c1-5-8-12(13,10-7-3)11-9(4)6-2/h5,9H,1,6-8H2,2-4H3. The van der Waals surface area contributed by atoms with Crippen molar-refractivity contribution in [1.82, 2.24) is 0 Å². The molecule has 0 N–H and O–H groups in total. The Bertz CT molecular complexity index is 194. The van der Waals surface area contributed by atoms with Gasteiger partial charge in [0.15, 0.2) is 6.49 Å². The van der Waals surface area contributed by atoms with Crippen molar-refractivity contribution >= 4 is 18.3 Å². The van der Waals surface area contributed by atoms with E-state index in [1.165, 1.54) is 0 Å². The molecule has 0 aliphatic rings. The minimum Gasteiger partial charge on any atom is -0.329 e. The fourth-order valence-corrected chi connectivity index (χ4v) is 3.56. The highest BCUT2D eigenvalue weighted by Crippen LogP contribution is 2.49. The van der Waals surface area contributed by atoms with Crippen LogP contribution in [0.1, 0.15) is 27.2 Å². The van der Waals surface area contributed by atoms with Crippen LogP contribution < -0.4 is 0 Å². The maximum Gasteiger partial charge on any atom is 0.192 e. The van der Waals surface area contributed by atoms with E-state index in [1.54, 1.807) is 6.08 Å². The Morgan fingerprint density at radius 2 is 2.15 bits per heavy atom. The van der Waals surface area contributed by atoms with Crippen molar-refractivity contribution in [3.8, 4) is 0 Å². The third-order valence-corrected chi connectivity index (χ3v) is 4.65. The lowest BCUT2D eigenvalue weighted by atomic mass is 10.3. The van der Waals surface area contributed by atoms with E-state index in [0.717, 1.165) is 6.42 Å². The highest BCUT2D eigenvalue weighted by Gasteiger charge is 2.18. The van der Waals surface area contributed by atoms with E-state index < -0.39 is 6.49 Å². The largest absolute Gasteiger partial charge is 0.329 e. The molecule has 0 bridgehead atoms. The van der Waals surface area contributed by atoms with Crippen molar-refractivity contribution in [1.29, 1.82) is 0 Å². The van der Waals surface area contributed by atoms with Gasteiger partial charge in [0.05, 0.1) is 12.7 Å². The van der Waals surface area contributed by atoms with Crippen molar-refractivity contribution in [2.24, 2.45) is 0 Å². The summed E-state index contributed by atoms with van der Waals surface area (Å²) in [5, 5.41) is 0. The van der Waals surface area contributed by atoms with E-state index in [2.05, 4.69) is 13.5 Å². The van der Waals surface area contributed by atoms with Crippen molar-refractivity contribution in [2.75, 3.05) is 12.8 Å². The summed E-state index contributed by atoms with van der Waals surface area (Å²) < 4.78 is 11.2. The minimum atomic E-state index is -2.08. The summed E-state index contributed by atoms with van der Waals surface area (Å²) in [4.78, 5) is 0. The first-order chi connectivity index (χ1) is 6.08. The Hall–Kier alpha value is 0.310. The fraction of sp³-hybridized carbons (Fsp3) is 0.778. The van der Waals surface area contributed by atoms with E-state index in [9.17, 15) is 0 Å². The third kappa shape index (κ3) is 5.58. The molecule has 0 radical (unpaired) electrons. The van der Waals surface area contributed by atoms with Crippen LogP contribution in [0.15, 0.2) is 12.7 Å². The summed E-state index contributed by atoms with van der Waals surface area (Å²) in [5.41, 5.74) is 0. The van der Waals surface area contributed by atoms with Gasteiger partial charge in [-0.15, -0.1) is 6.58 Å². The van der Waals surface area contributed by atoms with E-state index in [1.807, 2.05) is 13.8 Å². The normalized spacial score (nSPS) is 17.8. The van der Waals surface area contributed by atoms with Crippen LogP contribution in [-0.4, -0.2) is 18.9 Å². The SMILES string of the molecule is C=CCP(=S)(OCC)OC(C)CC. The van der Waals surface area contributed by atoms with Gasteiger partial charge in [-0.25, -0.2) is 0 Å². The van der Waals surface area contributed by atoms with E-state index in [4.69, 9.17) is 20.9 Å². The third-order valence-electron chi connectivity index (χ3n) is 1.59. The second kappa shape index (κ2) is 6.72. The highest BCUT2D eigenvalue weighted by atomic mass is 32.5. The first kappa shape index (κ1) is 13.3. The van der Waals surface area contributed by atoms with E-state index in [-0.39, 0.29) is 6.10 Å². The van der Waals surface area contributed by atoms with Crippen LogP contribution in [0, 0.1) is 0 Å². The molecule has 0 heterocycles. The smallest absolute Gasteiger partial charge is 0.192 e. The summed E-state index contributed by atoms with van der Waals surface area (Å²) in [6.07, 6.45) is 3.57. The zero-order valence-electron chi connectivity index (χ0n) is 8.66. The molecule has 2 atom stereocenters. The van der Waals surface area contributed by atoms with Gasteiger partial charge in [-0.3, -0.25) is 0 Å². The molecule has 0 spiro atoms. The number of hydrogen-bond donors (Lipinski definition) is 0. The zero-order chi connectivity index (χ0) is 10.3. The summed E-state index contributed by atoms with van der Waals surface area (Å²) in [7, 11) is 0. The Balaban J connectivity index is 4.22. The second-order valence-corrected chi connectivity index (χ2v) is 6.55. The molecule has 2 unspecified atom stereocenters. The maximum atomic E-state index is 5.70. The second-order valence-electron chi connectivity index (χ2n) is 2.82. The molecule has 0 aromatic rings. The first-order valence-electron chi connectivity index (χ1n) is 4.60. The molecule has 78 valence electrons. The first-order valence-corrected chi connectivity index (χ1v) is 7.43. The molecule has 4 heteroatoms. The Morgan fingerprint density at radius 1 is 1.54 bits per heavy atom. The zero-order valence-corrected chi connectivity index (χ0v) is 10.4. The summed E-state index contributed by atoms with van der Waals surface area (Å²) >= 11 is 5.34. The van der Waals surface area contributed by atoms with Crippen LogP contribution in [0.5, 0.6) is 0 Å². The highest BCUT2D eigenvalue weighted by molar-refractivity contribution is 8.10. The molecule has 2 nitrogen and oxygen atoms in total. The lowest BCUT2D eigenvalue weighted by molar-refractivity contribution is 0.192. The van der Waals surface area contributed by atoms with Crippen LogP contribution in [-0.2, 0) is 20.9 Å². The molecule has 0 amide bonds. The van der Waals surface area contributed by atoms with Gasteiger partial charge < -0.3 is 9.05 Å². The molecular formula is C9H19O2PS. The number of rotatable bonds is 7. The predicted molar refractivity (Wildman–Crippen MR) is 61.8 cm³/mol. The summed E-state index contributed by atoms with van der Waals surface area (Å²) in [6, 6.07) is 0. The number of allylic oxidation sites excluding steroid dienone is 1. The average molecular weight is 222 g/mol. The maximum absolute atomic E-state index is 5.70. The van der Waals surface area contributed by atoms with Crippen LogP contribution >= 0.6 is 6.49 Å². The van der Waals surface area contributed by atoms with Gasteiger partial charge in [-0.2, -0.15) is 0 Å². The van der Waals surface area contributed by atoms with Crippen LogP contribution in [0.2, 0.25) is 0 Å². The molecular weight excluding hydrogens is 203 g/mol. The molecule has 13 heavy (non-hydrogen) atoms. The van der Waals surface area contributed by atoms with Crippen LogP contribution in [0.3, 0.4) is 0 Å². The topological polar surface area (TPSA) is 18.5 Å². The van der Waals surface area contributed by atoms with E-state index in [0.29, 0.717) is 12.8 Å². The lowest BCUT2D eigenvalue weighted by Crippen LogP contribution is -2.07. The Morgan fingerprint density at radius 3 is 2.54 bits per heavy atom. The molecule has 0 rings (SSSR count). The van der Waals surface area contributed by atoms with Crippen LogP contribution in [0.4, 0.5) is 0 Å². The molecule has 0 aromatic carbocycles. The van der Waals surface area contributed by atoms with Crippen molar-refractivity contribution in [2.45, 2.75) is 33.3 Å². The fourth-order valence-electron chi connectivity index (χ4n) is 0.830. The molecule has 0 saturated carbocycles.